The molecule has 1 aliphatic heterocycles. The molecule has 2 aromatic heterocycles. The monoisotopic (exact) mass is 338 g/mol. The number of nitrogens with one attached hydrogen (secondary N) is 1. The number of rotatable bonds is 4. The fourth-order valence-corrected chi connectivity index (χ4v) is 3.14. The first-order valence-corrected chi connectivity index (χ1v) is 8.48. The van der Waals surface area contributed by atoms with Crippen molar-refractivity contribution >= 4 is 5.69 Å². The Morgan fingerprint density at radius 1 is 1.20 bits per heavy atom. The van der Waals surface area contributed by atoms with Crippen LogP contribution in [-0.4, -0.2) is 31.2 Å². The topological polar surface area (TPSA) is 69.8 Å². The Balaban J connectivity index is 1.56. The molecule has 130 valence electrons. The van der Waals surface area contributed by atoms with Crippen molar-refractivity contribution in [1.29, 1.82) is 0 Å². The van der Waals surface area contributed by atoms with Crippen LogP contribution < -0.4 is 5.32 Å². The molecule has 0 aliphatic carbocycles. The van der Waals surface area contributed by atoms with E-state index in [1.54, 1.807) is 0 Å². The Morgan fingerprint density at radius 2 is 2.08 bits per heavy atom. The van der Waals surface area contributed by atoms with Gasteiger partial charge in [-0.05, 0) is 38.0 Å². The number of hydrogen-bond donors (Lipinski definition) is 1. The van der Waals surface area contributed by atoms with E-state index in [0.29, 0.717) is 19.8 Å². The largest absolute Gasteiger partial charge is 0.375 e. The van der Waals surface area contributed by atoms with Crippen LogP contribution in [0.4, 0.5) is 5.69 Å². The van der Waals surface area contributed by atoms with Crippen molar-refractivity contribution in [2.24, 2.45) is 0 Å². The number of nitrogens with zero attached hydrogens (tertiary/aromatic N) is 5. The van der Waals surface area contributed by atoms with Crippen molar-refractivity contribution in [2.75, 3.05) is 11.9 Å². The minimum Gasteiger partial charge on any atom is -0.375 e. The molecule has 25 heavy (non-hydrogen) atoms. The standard InChI is InChI=1S/C18H22N6O/c1-12-4-5-13(2)16(8-12)24-14(3)15(9-20-24)19-10-17-21-22-18-11-25-7-6-23(17)18/h4-5,8-9,19H,6-7,10-11H2,1-3H3. The van der Waals surface area contributed by atoms with Crippen LogP contribution in [0.1, 0.15) is 28.5 Å². The Morgan fingerprint density at radius 3 is 2.96 bits per heavy atom. The highest BCUT2D eigenvalue weighted by molar-refractivity contribution is 5.52. The molecule has 0 amide bonds. The first-order valence-electron chi connectivity index (χ1n) is 8.48. The summed E-state index contributed by atoms with van der Waals surface area (Å²) >= 11 is 0. The van der Waals surface area contributed by atoms with E-state index in [2.05, 4.69) is 64.2 Å². The minimum atomic E-state index is 0.538. The number of aryl methyl sites for hydroxylation is 2. The number of hydrogen-bond acceptors (Lipinski definition) is 5. The van der Waals surface area contributed by atoms with E-state index in [1.807, 2.05) is 10.9 Å². The van der Waals surface area contributed by atoms with Crippen LogP contribution in [0.2, 0.25) is 0 Å². The Kier molecular flexibility index (Phi) is 4.01. The molecule has 0 spiro atoms. The second kappa shape index (κ2) is 6.33. The van der Waals surface area contributed by atoms with Gasteiger partial charge in [0.2, 0.25) is 0 Å². The van der Waals surface area contributed by atoms with E-state index in [0.717, 1.165) is 35.3 Å². The minimum absolute atomic E-state index is 0.538. The van der Waals surface area contributed by atoms with E-state index in [9.17, 15) is 0 Å². The summed E-state index contributed by atoms with van der Waals surface area (Å²) in [4.78, 5) is 0. The van der Waals surface area contributed by atoms with Gasteiger partial charge in [0, 0.05) is 6.54 Å². The molecular weight excluding hydrogens is 316 g/mol. The Bertz CT molecular complexity index is 910. The number of ether oxygens (including phenoxy) is 1. The normalized spacial score (nSPS) is 13.7. The summed E-state index contributed by atoms with van der Waals surface area (Å²) in [6.07, 6.45) is 1.87. The van der Waals surface area contributed by atoms with Crippen molar-refractivity contribution in [3.05, 3.63) is 52.9 Å². The molecule has 0 atom stereocenters. The lowest BCUT2D eigenvalue weighted by molar-refractivity contribution is 0.0807. The van der Waals surface area contributed by atoms with Gasteiger partial charge in [0.05, 0.1) is 36.4 Å². The second-order valence-electron chi connectivity index (χ2n) is 6.44. The van der Waals surface area contributed by atoms with Crippen LogP contribution in [0.15, 0.2) is 24.4 Å². The zero-order valence-electron chi connectivity index (χ0n) is 14.8. The van der Waals surface area contributed by atoms with Gasteiger partial charge in [0.15, 0.2) is 11.6 Å². The predicted octanol–water partition coefficient (Wildman–Crippen LogP) is 2.53. The van der Waals surface area contributed by atoms with Gasteiger partial charge in [0.25, 0.3) is 0 Å². The lowest BCUT2D eigenvalue weighted by Crippen LogP contribution is -2.19. The fraction of sp³-hybridized carbons (Fsp3) is 0.389. The maximum atomic E-state index is 5.41. The zero-order valence-corrected chi connectivity index (χ0v) is 14.8. The predicted molar refractivity (Wildman–Crippen MR) is 94.8 cm³/mol. The first-order chi connectivity index (χ1) is 12.1. The van der Waals surface area contributed by atoms with Crippen molar-refractivity contribution in [1.82, 2.24) is 24.5 Å². The van der Waals surface area contributed by atoms with Crippen LogP contribution in [0, 0.1) is 20.8 Å². The van der Waals surface area contributed by atoms with E-state index >= 15 is 0 Å². The number of benzene rings is 1. The molecule has 0 bridgehead atoms. The number of anilines is 1. The van der Waals surface area contributed by atoms with Crippen molar-refractivity contribution in [3.8, 4) is 5.69 Å². The van der Waals surface area contributed by atoms with E-state index in [4.69, 9.17) is 4.74 Å². The summed E-state index contributed by atoms with van der Waals surface area (Å²) in [6.45, 7) is 8.95. The third kappa shape index (κ3) is 2.91. The van der Waals surface area contributed by atoms with Gasteiger partial charge in [-0.15, -0.1) is 10.2 Å². The van der Waals surface area contributed by atoms with Gasteiger partial charge >= 0.3 is 0 Å². The molecule has 7 heteroatoms. The third-order valence-electron chi connectivity index (χ3n) is 4.63. The van der Waals surface area contributed by atoms with Crippen molar-refractivity contribution in [2.45, 2.75) is 40.5 Å². The maximum Gasteiger partial charge on any atom is 0.159 e. The summed E-state index contributed by atoms with van der Waals surface area (Å²) in [7, 11) is 0. The van der Waals surface area contributed by atoms with Crippen LogP contribution in [0.25, 0.3) is 5.69 Å². The lowest BCUT2D eigenvalue weighted by Gasteiger charge is -2.15. The molecule has 7 nitrogen and oxygen atoms in total. The summed E-state index contributed by atoms with van der Waals surface area (Å²) in [6, 6.07) is 6.41. The smallest absolute Gasteiger partial charge is 0.159 e. The van der Waals surface area contributed by atoms with Crippen molar-refractivity contribution < 1.29 is 4.74 Å². The highest BCUT2D eigenvalue weighted by Gasteiger charge is 2.16. The fourth-order valence-electron chi connectivity index (χ4n) is 3.14. The van der Waals surface area contributed by atoms with Gasteiger partial charge in [0.1, 0.15) is 6.61 Å². The average Bonchev–Trinajstić information content (AvgIpc) is 3.19. The molecule has 3 aromatic rings. The lowest BCUT2D eigenvalue weighted by atomic mass is 10.1. The molecule has 0 radical (unpaired) electrons. The highest BCUT2D eigenvalue weighted by atomic mass is 16.5. The molecule has 0 saturated carbocycles. The second-order valence-corrected chi connectivity index (χ2v) is 6.44. The summed E-state index contributed by atoms with van der Waals surface area (Å²) in [5, 5.41) is 16.5. The molecular formula is C18H22N6O. The quantitative estimate of drug-likeness (QED) is 0.792. The van der Waals surface area contributed by atoms with E-state index < -0.39 is 0 Å². The molecule has 1 N–H and O–H groups in total. The molecule has 1 aromatic carbocycles. The van der Waals surface area contributed by atoms with E-state index in [-0.39, 0.29) is 0 Å². The maximum absolute atomic E-state index is 5.41. The molecule has 4 rings (SSSR count). The van der Waals surface area contributed by atoms with Crippen LogP contribution >= 0.6 is 0 Å². The van der Waals surface area contributed by atoms with Gasteiger partial charge in [-0.25, -0.2) is 4.68 Å². The molecule has 0 fully saturated rings. The van der Waals surface area contributed by atoms with Crippen LogP contribution in [-0.2, 0) is 24.4 Å². The third-order valence-corrected chi connectivity index (χ3v) is 4.63. The van der Waals surface area contributed by atoms with Gasteiger partial charge < -0.3 is 14.6 Å². The Labute approximate surface area is 146 Å². The molecule has 0 saturated heterocycles. The number of fused-ring (bicyclic) bond motifs is 1. The average molecular weight is 338 g/mol. The highest BCUT2D eigenvalue weighted by Crippen LogP contribution is 2.22. The Hall–Kier alpha value is -2.67. The summed E-state index contributed by atoms with van der Waals surface area (Å²) in [5.41, 5.74) is 5.63. The van der Waals surface area contributed by atoms with Crippen LogP contribution in [0.3, 0.4) is 0 Å². The molecule has 3 heterocycles. The van der Waals surface area contributed by atoms with Gasteiger partial charge in [-0.3, -0.25) is 0 Å². The van der Waals surface area contributed by atoms with Crippen molar-refractivity contribution in [3.63, 3.8) is 0 Å². The van der Waals surface area contributed by atoms with Crippen LogP contribution in [0.5, 0.6) is 0 Å². The summed E-state index contributed by atoms with van der Waals surface area (Å²) < 4.78 is 9.52. The zero-order chi connectivity index (χ0) is 17.4. The SMILES string of the molecule is Cc1ccc(C)c(-n2ncc(NCc3nnc4n3CCOC4)c2C)c1. The number of aromatic nitrogens is 5. The van der Waals surface area contributed by atoms with Gasteiger partial charge in [-0.1, -0.05) is 12.1 Å². The molecule has 0 unspecified atom stereocenters. The summed E-state index contributed by atoms with van der Waals surface area (Å²) in [5.74, 6) is 1.82. The first kappa shape index (κ1) is 15.8. The van der Waals surface area contributed by atoms with Gasteiger partial charge in [-0.2, -0.15) is 5.10 Å². The van der Waals surface area contributed by atoms with E-state index in [1.165, 1.54) is 11.1 Å². The molecule has 1 aliphatic rings.